The van der Waals surface area contributed by atoms with Crippen LogP contribution in [0.5, 0.6) is 0 Å². The number of hydrogen-bond donors (Lipinski definition) is 1. The van der Waals surface area contributed by atoms with Crippen LogP contribution in [-0.4, -0.2) is 11.3 Å². The second kappa shape index (κ2) is 4.00. The van der Waals surface area contributed by atoms with Crippen molar-refractivity contribution in [2.75, 3.05) is 5.73 Å². The SMILES string of the molecule is Nc1cccc(-c2nc3cc(C=O)ccc3o2)c1. The zero-order valence-electron chi connectivity index (χ0n) is 9.46. The molecule has 1 heterocycles. The van der Waals surface area contributed by atoms with Gasteiger partial charge in [0.25, 0.3) is 0 Å². The number of nitrogen functional groups attached to an aromatic ring is 1. The van der Waals surface area contributed by atoms with Crippen molar-refractivity contribution in [2.24, 2.45) is 0 Å². The lowest BCUT2D eigenvalue weighted by Gasteiger charge is -1.95. The molecule has 4 nitrogen and oxygen atoms in total. The molecule has 1 aromatic heterocycles. The third-order valence-electron chi connectivity index (χ3n) is 2.68. The highest BCUT2D eigenvalue weighted by molar-refractivity contribution is 5.85. The molecule has 0 unspecified atom stereocenters. The number of rotatable bonds is 2. The Balaban J connectivity index is 2.16. The lowest BCUT2D eigenvalue weighted by Crippen LogP contribution is -1.84. The predicted octanol–water partition coefficient (Wildman–Crippen LogP) is 2.89. The van der Waals surface area contributed by atoms with Crippen LogP contribution >= 0.6 is 0 Å². The predicted molar refractivity (Wildman–Crippen MR) is 69.2 cm³/mol. The number of nitrogens with zero attached hydrogens (tertiary/aromatic N) is 1. The van der Waals surface area contributed by atoms with Gasteiger partial charge in [-0.15, -0.1) is 0 Å². The van der Waals surface area contributed by atoms with Gasteiger partial charge < -0.3 is 10.2 Å². The van der Waals surface area contributed by atoms with Gasteiger partial charge >= 0.3 is 0 Å². The highest BCUT2D eigenvalue weighted by Crippen LogP contribution is 2.25. The number of carbonyl (C=O) groups is 1. The first-order valence-corrected chi connectivity index (χ1v) is 5.48. The van der Waals surface area contributed by atoms with Crippen LogP contribution in [0.3, 0.4) is 0 Å². The molecule has 2 N–H and O–H groups in total. The number of aromatic nitrogens is 1. The van der Waals surface area contributed by atoms with Crippen molar-refractivity contribution in [3.05, 3.63) is 48.0 Å². The van der Waals surface area contributed by atoms with E-state index in [0.717, 1.165) is 11.8 Å². The minimum Gasteiger partial charge on any atom is -0.436 e. The zero-order valence-corrected chi connectivity index (χ0v) is 9.46. The van der Waals surface area contributed by atoms with Crippen molar-refractivity contribution in [1.29, 1.82) is 0 Å². The number of oxazole rings is 1. The molecule has 3 rings (SSSR count). The van der Waals surface area contributed by atoms with E-state index < -0.39 is 0 Å². The van der Waals surface area contributed by atoms with Gasteiger partial charge in [-0.1, -0.05) is 6.07 Å². The van der Waals surface area contributed by atoms with Crippen LogP contribution in [0, 0.1) is 0 Å². The molecule has 0 saturated heterocycles. The van der Waals surface area contributed by atoms with E-state index in [4.69, 9.17) is 10.2 Å². The van der Waals surface area contributed by atoms with E-state index in [9.17, 15) is 4.79 Å². The summed E-state index contributed by atoms with van der Waals surface area (Å²) in [5, 5.41) is 0. The molecular weight excluding hydrogens is 228 g/mol. The molecule has 18 heavy (non-hydrogen) atoms. The molecule has 0 spiro atoms. The van der Waals surface area contributed by atoms with Crippen LogP contribution in [0.25, 0.3) is 22.6 Å². The minimum absolute atomic E-state index is 0.500. The van der Waals surface area contributed by atoms with Crippen molar-refractivity contribution >= 4 is 23.1 Å². The maximum atomic E-state index is 10.7. The molecule has 4 heteroatoms. The van der Waals surface area contributed by atoms with E-state index in [2.05, 4.69) is 4.98 Å². The molecule has 0 amide bonds. The molecule has 0 atom stereocenters. The summed E-state index contributed by atoms with van der Waals surface area (Å²) >= 11 is 0. The van der Waals surface area contributed by atoms with E-state index >= 15 is 0 Å². The highest BCUT2D eigenvalue weighted by atomic mass is 16.3. The largest absolute Gasteiger partial charge is 0.436 e. The van der Waals surface area contributed by atoms with Gasteiger partial charge in [-0.25, -0.2) is 4.98 Å². The fraction of sp³-hybridized carbons (Fsp3) is 0. The summed E-state index contributed by atoms with van der Waals surface area (Å²) in [4.78, 5) is 15.0. The van der Waals surface area contributed by atoms with E-state index in [1.807, 2.05) is 12.1 Å². The summed E-state index contributed by atoms with van der Waals surface area (Å²) in [5.41, 5.74) is 9.09. The van der Waals surface area contributed by atoms with Crippen molar-refractivity contribution in [2.45, 2.75) is 0 Å². The number of carbonyl (C=O) groups excluding carboxylic acids is 1. The fourth-order valence-corrected chi connectivity index (χ4v) is 1.81. The fourth-order valence-electron chi connectivity index (χ4n) is 1.81. The highest BCUT2D eigenvalue weighted by Gasteiger charge is 2.08. The monoisotopic (exact) mass is 238 g/mol. The van der Waals surface area contributed by atoms with Crippen molar-refractivity contribution in [3.8, 4) is 11.5 Å². The maximum absolute atomic E-state index is 10.7. The second-order valence-electron chi connectivity index (χ2n) is 3.99. The van der Waals surface area contributed by atoms with E-state index in [0.29, 0.717) is 28.2 Å². The smallest absolute Gasteiger partial charge is 0.227 e. The standard InChI is InChI=1S/C14H10N2O2/c15-11-3-1-2-10(7-11)14-16-12-6-9(8-17)4-5-13(12)18-14/h1-8H,15H2. The Morgan fingerprint density at radius 3 is 2.83 bits per heavy atom. The molecule has 88 valence electrons. The molecule has 2 aromatic carbocycles. The van der Waals surface area contributed by atoms with Crippen LogP contribution in [0.1, 0.15) is 10.4 Å². The van der Waals surface area contributed by atoms with Crippen LogP contribution in [0.15, 0.2) is 46.9 Å². The first kappa shape index (κ1) is 10.5. The van der Waals surface area contributed by atoms with Gasteiger partial charge in [0.05, 0.1) is 0 Å². The zero-order chi connectivity index (χ0) is 12.5. The minimum atomic E-state index is 0.500. The molecule has 0 fully saturated rings. The summed E-state index contributed by atoms with van der Waals surface area (Å²) in [6.45, 7) is 0. The third-order valence-corrected chi connectivity index (χ3v) is 2.68. The van der Waals surface area contributed by atoms with Gasteiger partial charge in [-0.2, -0.15) is 0 Å². The first-order valence-electron chi connectivity index (χ1n) is 5.48. The van der Waals surface area contributed by atoms with E-state index in [1.165, 1.54) is 0 Å². The lowest BCUT2D eigenvalue weighted by atomic mass is 10.2. The second-order valence-corrected chi connectivity index (χ2v) is 3.99. The molecule has 3 aromatic rings. The number of fused-ring (bicyclic) bond motifs is 1. The average Bonchev–Trinajstić information content (AvgIpc) is 2.81. The summed E-state index contributed by atoms with van der Waals surface area (Å²) in [6, 6.07) is 12.5. The van der Waals surface area contributed by atoms with E-state index in [1.54, 1.807) is 30.3 Å². The molecule has 0 aliphatic rings. The molecule has 0 aliphatic carbocycles. The normalized spacial score (nSPS) is 10.7. The Morgan fingerprint density at radius 1 is 1.17 bits per heavy atom. The summed E-state index contributed by atoms with van der Waals surface area (Å²) in [6.07, 6.45) is 0.786. The maximum Gasteiger partial charge on any atom is 0.227 e. The van der Waals surface area contributed by atoms with Crippen molar-refractivity contribution in [1.82, 2.24) is 4.98 Å². The summed E-state index contributed by atoms with van der Waals surface area (Å²) < 4.78 is 5.63. The summed E-state index contributed by atoms with van der Waals surface area (Å²) in [5.74, 6) is 0.500. The Hall–Kier alpha value is -2.62. The summed E-state index contributed by atoms with van der Waals surface area (Å²) in [7, 11) is 0. The van der Waals surface area contributed by atoms with Gasteiger partial charge in [0, 0.05) is 16.8 Å². The van der Waals surface area contributed by atoms with Gasteiger partial charge in [-0.05, 0) is 36.4 Å². The van der Waals surface area contributed by atoms with Crippen LogP contribution in [-0.2, 0) is 0 Å². The van der Waals surface area contributed by atoms with Gasteiger partial charge in [0.2, 0.25) is 5.89 Å². The van der Waals surface area contributed by atoms with Crippen LogP contribution in [0.2, 0.25) is 0 Å². The number of benzene rings is 2. The Morgan fingerprint density at radius 2 is 2.06 bits per heavy atom. The number of nitrogens with two attached hydrogens (primary N) is 1. The van der Waals surface area contributed by atoms with Gasteiger partial charge in [-0.3, -0.25) is 4.79 Å². The number of hydrogen-bond acceptors (Lipinski definition) is 4. The number of anilines is 1. The Labute approximate surface area is 103 Å². The third kappa shape index (κ3) is 1.73. The quantitative estimate of drug-likeness (QED) is 0.550. The molecule has 0 saturated carbocycles. The Bertz CT molecular complexity index is 731. The number of aldehydes is 1. The molecule has 0 aliphatic heterocycles. The van der Waals surface area contributed by atoms with Gasteiger partial charge in [0.1, 0.15) is 11.8 Å². The van der Waals surface area contributed by atoms with Crippen molar-refractivity contribution < 1.29 is 9.21 Å². The van der Waals surface area contributed by atoms with Crippen LogP contribution in [0.4, 0.5) is 5.69 Å². The molecule has 0 radical (unpaired) electrons. The lowest BCUT2D eigenvalue weighted by molar-refractivity contribution is 0.112. The first-order chi connectivity index (χ1) is 8.76. The topological polar surface area (TPSA) is 69.1 Å². The van der Waals surface area contributed by atoms with Crippen molar-refractivity contribution in [3.63, 3.8) is 0 Å². The van der Waals surface area contributed by atoms with Crippen LogP contribution < -0.4 is 5.73 Å². The molecule has 0 bridgehead atoms. The van der Waals surface area contributed by atoms with E-state index in [-0.39, 0.29) is 0 Å². The van der Waals surface area contributed by atoms with Gasteiger partial charge in [0.15, 0.2) is 5.58 Å². The Kier molecular flexibility index (Phi) is 2.34. The average molecular weight is 238 g/mol. The molecular formula is C14H10N2O2.